The molecule has 2 saturated heterocycles. The van der Waals surface area contributed by atoms with Gasteiger partial charge in [-0.2, -0.15) is 13.2 Å². The second-order valence-electron chi connectivity index (χ2n) is 7.30. The highest BCUT2D eigenvalue weighted by Crippen LogP contribution is 2.38. The van der Waals surface area contributed by atoms with Crippen LogP contribution in [0, 0.1) is 0 Å². The first-order valence-electron chi connectivity index (χ1n) is 8.72. The van der Waals surface area contributed by atoms with Gasteiger partial charge in [0.2, 0.25) is 5.91 Å². The van der Waals surface area contributed by atoms with Crippen molar-refractivity contribution < 1.29 is 26.4 Å². The number of carbonyl (C=O) groups is 1. The van der Waals surface area contributed by atoms with Gasteiger partial charge in [0.05, 0.1) is 10.8 Å². The van der Waals surface area contributed by atoms with E-state index < -0.39 is 21.6 Å². The van der Waals surface area contributed by atoms with Gasteiger partial charge in [0, 0.05) is 24.8 Å². The monoisotopic (exact) mass is 389 g/mol. The van der Waals surface area contributed by atoms with Gasteiger partial charge in [-0.3, -0.25) is 4.79 Å². The third-order valence-corrected chi connectivity index (χ3v) is 7.09. The SMILES string of the molecule is CS(=O)(=O)C1C[C@H]2CC[C@@H](C1)N2C(=O)CCc1ccc(C(F)(F)F)cc1. The molecule has 2 aliphatic rings. The highest BCUT2D eigenvalue weighted by atomic mass is 32.2. The number of carbonyl (C=O) groups excluding carboxylic acids is 1. The van der Waals surface area contributed by atoms with Gasteiger partial charge in [-0.15, -0.1) is 0 Å². The first kappa shape index (κ1) is 19.2. The number of benzene rings is 1. The van der Waals surface area contributed by atoms with E-state index in [1.165, 1.54) is 18.4 Å². The Morgan fingerprint density at radius 2 is 1.65 bits per heavy atom. The van der Waals surface area contributed by atoms with Crippen molar-refractivity contribution >= 4 is 15.7 Å². The Morgan fingerprint density at radius 3 is 2.12 bits per heavy atom. The zero-order chi connectivity index (χ0) is 19.1. The molecule has 1 aromatic rings. The van der Waals surface area contributed by atoms with E-state index in [9.17, 15) is 26.4 Å². The fraction of sp³-hybridized carbons (Fsp3) is 0.611. The first-order chi connectivity index (χ1) is 12.1. The molecular formula is C18H22F3NO3S. The first-order valence-corrected chi connectivity index (χ1v) is 10.7. The summed E-state index contributed by atoms with van der Waals surface area (Å²) in [7, 11) is -3.10. The van der Waals surface area contributed by atoms with Crippen LogP contribution in [0.3, 0.4) is 0 Å². The van der Waals surface area contributed by atoms with Crippen LogP contribution in [0.15, 0.2) is 24.3 Å². The Balaban J connectivity index is 1.59. The van der Waals surface area contributed by atoms with Crippen LogP contribution in [-0.4, -0.2) is 42.8 Å². The molecule has 8 heteroatoms. The van der Waals surface area contributed by atoms with Gasteiger partial charge < -0.3 is 4.90 Å². The van der Waals surface area contributed by atoms with Crippen molar-refractivity contribution in [2.75, 3.05) is 6.26 Å². The van der Waals surface area contributed by atoms with E-state index in [1.807, 2.05) is 4.90 Å². The molecule has 1 amide bonds. The summed E-state index contributed by atoms with van der Waals surface area (Å²) in [6, 6.07) is 4.80. The van der Waals surface area contributed by atoms with E-state index in [-0.39, 0.29) is 29.7 Å². The van der Waals surface area contributed by atoms with Crippen LogP contribution < -0.4 is 0 Å². The summed E-state index contributed by atoms with van der Waals surface area (Å²) < 4.78 is 61.4. The highest BCUT2D eigenvalue weighted by Gasteiger charge is 2.45. The van der Waals surface area contributed by atoms with Crippen molar-refractivity contribution in [2.24, 2.45) is 0 Å². The van der Waals surface area contributed by atoms with Gasteiger partial charge in [-0.25, -0.2) is 8.42 Å². The van der Waals surface area contributed by atoms with Crippen LogP contribution in [0.4, 0.5) is 13.2 Å². The van der Waals surface area contributed by atoms with Crippen LogP contribution in [-0.2, 0) is 27.2 Å². The molecule has 1 unspecified atom stereocenters. The molecule has 0 aliphatic carbocycles. The summed E-state index contributed by atoms with van der Waals surface area (Å²) in [4.78, 5) is 14.4. The van der Waals surface area contributed by atoms with Gasteiger partial charge in [0.1, 0.15) is 9.84 Å². The molecule has 4 nitrogen and oxygen atoms in total. The highest BCUT2D eigenvalue weighted by molar-refractivity contribution is 7.91. The predicted octanol–water partition coefficient (Wildman–Crippen LogP) is 3.20. The minimum atomic E-state index is -4.36. The molecule has 2 fully saturated rings. The summed E-state index contributed by atoms with van der Waals surface area (Å²) in [6.45, 7) is 0. The number of rotatable bonds is 4. The average Bonchev–Trinajstić information content (AvgIpc) is 2.81. The summed E-state index contributed by atoms with van der Waals surface area (Å²) in [6.07, 6.45) is 0.106. The fourth-order valence-corrected chi connectivity index (χ4v) is 5.27. The second kappa shape index (κ2) is 6.87. The number of amides is 1. The molecule has 2 aliphatic heterocycles. The minimum absolute atomic E-state index is 0.0337. The Hall–Kier alpha value is -1.57. The van der Waals surface area contributed by atoms with Crippen LogP contribution in [0.5, 0.6) is 0 Å². The number of sulfone groups is 1. The fourth-order valence-electron chi connectivity index (χ4n) is 4.12. The van der Waals surface area contributed by atoms with Crippen LogP contribution in [0.25, 0.3) is 0 Å². The van der Waals surface area contributed by atoms with Crippen molar-refractivity contribution in [3.05, 3.63) is 35.4 Å². The lowest BCUT2D eigenvalue weighted by Crippen LogP contribution is -2.49. The summed E-state index contributed by atoms with van der Waals surface area (Å²) in [5.74, 6) is -0.0376. The number of hydrogen-bond acceptors (Lipinski definition) is 3. The maximum Gasteiger partial charge on any atom is 0.416 e. The van der Waals surface area contributed by atoms with Crippen molar-refractivity contribution in [1.29, 1.82) is 0 Å². The Labute approximate surface area is 151 Å². The van der Waals surface area contributed by atoms with E-state index in [1.54, 1.807) is 0 Å². The average molecular weight is 389 g/mol. The molecule has 3 atom stereocenters. The molecule has 0 spiro atoms. The molecule has 0 radical (unpaired) electrons. The standard InChI is InChI=1S/C18H22F3NO3S/c1-26(24,25)16-10-14-7-8-15(11-16)22(14)17(23)9-4-12-2-5-13(6-3-12)18(19,20)21/h2-3,5-6,14-16H,4,7-11H2,1H3/t14-,15+,16?. The van der Waals surface area contributed by atoms with E-state index in [2.05, 4.69) is 0 Å². The van der Waals surface area contributed by atoms with Crippen molar-refractivity contribution in [1.82, 2.24) is 4.90 Å². The van der Waals surface area contributed by atoms with Crippen LogP contribution in [0.1, 0.15) is 43.2 Å². The molecule has 0 saturated carbocycles. The molecule has 2 heterocycles. The number of hydrogen-bond donors (Lipinski definition) is 0. The lowest BCUT2D eigenvalue weighted by atomic mass is 10.0. The van der Waals surface area contributed by atoms with Crippen LogP contribution in [0.2, 0.25) is 0 Å². The van der Waals surface area contributed by atoms with E-state index in [0.29, 0.717) is 24.8 Å². The van der Waals surface area contributed by atoms with Gasteiger partial charge in [-0.05, 0) is 49.8 Å². The Kier molecular flexibility index (Phi) is 5.07. The van der Waals surface area contributed by atoms with Crippen molar-refractivity contribution in [2.45, 2.75) is 62.0 Å². The molecule has 0 aromatic heterocycles. The lowest BCUT2D eigenvalue weighted by molar-refractivity contribution is -0.138. The van der Waals surface area contributed by atoms with Gasteiger partial charge in [0.25, 0.3) is 0 Å². The molecule has 26 heavy (non-hydrogen) atoms. The molecule has 144 valence electrons. The maximum atomic E-state index is 12.6. The number of aryl methyl sites for hydroxylation is 1. The minimum Gasteiger partial charge on any atom is -0.337 e. The lowest BCUT2D eigenvalue weighted by Gasteiger charge is -2.38. The Bertz CT molecular complexity index is 760. The summed E-state index contributed by atoms with van der Waals surface area (Å²) in [5, 5.41) is -0.376. The quantitative estimate of drug-likeness (QED) is 0.795. The molecule has 2 bridgehead atoms. The zero-order valence-corrected chi connectivity index (χ0v) is 15.3. The molecule has 3 rings (SSSR count). The largest absolute Gasteiger partial charge is 0.416 e. The van der Waals surface area contributed by atoms with E-state index in [0.717, 1.165) is 25.0 Å². The maximum absolute atomic E-state index is 12.6. The smallest absolute Gasteiger partial charge is 0.337 e. The Morgan fingerprint density at radius 1 is 1.12 bits per heavy atom. The number of alkyl halides is 3. The topological polar surface area (TPSA) is 54.5 Å². The van der Waals surface area contributed by atoms with E-state index >= 15 is 0 Å². The molecule has 1 aromatic carbocycles. The number of piperidine rings is 1. The van der Waals surface area contributed by atoms with Crippen molar-refractivity contribution in [3.63, 3.8) is 0 Å². The normalized spacial score (nSPS) is 26.2. The number of nitrogens with zero attached hydrogens (tertiary/aromatic N) is 1. The third-order valence-electron chi connectivity index (χ3n) is 5.49. The molecular weight excluding hydrogens is 367 g/mol. The number of halogens is 3. The third kappa shape index (κ3) is 4.05. The van der Waals surface area contributed by atoms with Crippen molar-refractivity contribution in [3.8, 4) is 0 Å². The summed E-state index contributed by atoms with van der Waals surface area (Å²) >= 11 is 0. The number of fused-ring (bicyclic) bond motifs is 2. The zero-order valence-electron chi connectivity index (χ0n) is 14.5. The van der Waals surface area contributed by atoms with Crippen LogP contribution >= 0.6 is 0 Å². The summed E-state index contributed by atoms with van der Waals surface area (Å²) in [5.41, 5.74) is -0.0156. The van der Waals surface area contributed by atoms with E-state index in [4.69, 9.17) is 0 Å². The van der Waals surface area contributed by atoms with Gasteiger partial charge in [0.15, 0.2) is 0 Å². The van der Waals surface area contributed by atoms with Gasteiger partial charge in [-0.1, -0.05) is 12.1 Å². The predicted molar refractivity (Wildman–Crippen MR) is 91.3 cm³/mol. The van der Waals surface area contributed by atoms with Gasteiger partial charge >= 0.3 is 6.18 Å². The second-order valence-corrected chi connectivity index (χ2v) is 9.63. The molecule has 0 N–H and O–H groups in total.